The first-order valence-corrected chi connectivity index (χ1v) is 4.05. The Bertz CT molecular complexity index is 101. The molecule has 0 spiro atoms. The molecule has 0 aromatic rings. The second-order valence-corrected chi connectivity index (χ2v) is 4.19. The molecule has 54 valence electrons. The van der Waals surface area contributed by atoms with Crippen LogP contribution in [0, 0.1) is 0 Å². The normalized spacial score (nSPS) is 34.3. The summed E-state index contributed by atoms with van der Waals surface area (Å²) in [7, 11) is 0. The molecule has 1 nitrogen and oxygen atoms in total. The molecule has 1 atom stereocenters. The second kappa shape index (κ2) is 2.51. The maximum absolute atomic E-state index is 4.43. The van der Waals surface area contributed by atoms with Gasteiger partial charge in [-0.3, -0.25) is 0 Å². The first-order chi connectivity index (χ1) is 4.10. The largest absolute Gasteiger partial charge is 0.312 e. The molecule has 0 amide bonds. The van der Waals surface area contributed by atoms with Crippen LogP contribution in [0.3, 0.4) is 0 Å². The van der Waals surface area contributed by atoms with Crippen molar-refractivity contribution in [2.24, 2.45) is 0 Å². The lowest BCUT2D eigenvalue weighted by atomic mass is 9.93. The first kappa shape index (κ1) is 7.42. The minimum absolute atomic E-state index is 0.324. The highest BCUT2D eigenvalue weighted by molar-refractivity contribution is 7.80. The fourth-order valence-electron chi connectivity index (χ4n) is 1.34. The smallest absolute Gasteiger partial charge is 0.0135 e. The van der Waals surface area contributed by atoms with E-state index < -0.39 is 0 Å². The van der Waals surface area contributed by atoms with E-state index in [-0.39, 0.29) is 0 Å². The number of rotatable bonds is 0. The Morgan fingerprint density at radius 2 is 2.22 bits per heavy atom. The van der Waals surface area contributed by atoms with Crippen molar-refractivity contribution < 1.29 is 0 Å². The molecular weight excluding hydrogens is 130 g/mol. The van der Waals surface area contributed by atoms with Crippen molar-refractivity contribution in [2.75, 3.05) is 6.54 Å². The van der Waals surface area contributed by atoms with Crippen LogP contribution in [0.5, 0.6) is 0 Å². The molecule has 1 rings (SSSR count). The summed E-state index contributed by atoms with van der Waals surface area (Å²) in [6.45, 7) is 5.59. The summed E-state index contributed by atoms with van der Waals surface area (Å²) in [6, 6.07) is 0. The van der Waals surface area contributed by atoms with Crippen LogP contribution in [0.4, 0.5) is 0 Å². The van der Waals surface area contributed by atoms with Gasteiger partial charge in [-0.1, -0.05) is 0 Å². The molecule has 1 aliphatic heterocycles. The predicted octanol–water partition coefficient (Wildman–Crippen LogP) is 1.45. The van der Waals surface area contributed by atoms with Crippen molar-refractivity contribution in [1.29, 1.82) is 0 Å². The van der Waals surface area contributed by atoms with Gasteiger partial charge in [0.25, 0.3) is 0 Å². The molecule has 0 aromatic carbocycles. The van der Waals surface area contributed by atoms with Gasteiger partial charge in [0, 0.05) is 10.8 Å². The predicted molar refractivity (Wildman–Crippen MR) is 44.1 cm³/mol. The van der Waals surface area contributed by atoms with E-state index in [0.717, 1.165) is 6.54 Å². The van der Waals surface area contributed by atoms with Gasteiger partial charge >= 0.3 is 0 Å². The Hall–Kier alpha value is 0.310. The summed E-state index contributed by atoms with van der Waals surface area (Å²) >= 11 is 4.43. The zero-order valence-electron chi connectivity index (χ0n) is 6.15. The van der Waals surface area contributed by atoms with Gasteiger partial charge in [0.05, 0.1) is 0 Å². The van der Waals surface area contributed by atoms with Crippen LogP contribution in [-0.4, -0.2) is 17.3 Å². The van der Waals surface area contributed by atoms with Crippen LogP contribution in [0.1, 0.15) is 26.7 Å². The van der Waals surface area contributed by atoms with Crippen LogP contribution in [0.15, 0.2) is 0 Å². The molecule has 9 heavy (non-hydrogen) atoms. The summed E-state index contributed by atoms with van der Waals surface area (Å²) < 4.78 is 0. The van der Waals surface area contributed by atoms with Crippen LogP contribution in [0.2, 0.25) is 0 Å². The molecule has 1 N–H and O–H groups in total. The minimum Gasteiger partial charge on any atom is -0.312 e. The van der Waals surface area contributed by atoms with Crippen LogP contribution >= 0.6 is 12.6 Å². The number of piperidine rings is 1. The van der Waals surface area contributed by atoms with Crippen molar-refractivity contribution in [3.63, 3.8) is 0 Å². The lowest BCUT2D eigenvalue weighted by molar-refractivity contribution is 0.311. The van der Waals surface area contributed by atoms with E-state index in [1.54, 1.807) is 0 Å². The molecule has 0 aliphatic carbocycles. The Labute approximate surface area is 62.6 Å². The number of hydrogen-bond acceptors (Lipinski definition) is 2. The van der Waals surface area contributed by atoms with Gasteiger partial charge in [0.15, 0.2) is 0 Å². The summed E-state index contributed by atoms with van der Waals surface area (Å²) in [6.07, 6.45) is 2.41. The molecule has 1 unspecified atom stereocenters. The number of thiol groups is 1. The molecule has 0 radical (unpaired) electrons. The van der Waals surface area contributed by atoms with Crippen LogP contribution in [0.25, 0.3) is 0 Å². The van der Waals surface area contributed by atoms with E-state index >= 15 is 0 Å². The molecule has 0 bridgehead atoms. The molecular formula is C7H15NS. The van der Waals surface area contributed by atoms with E-state index in [1.807, 2.05) is 0 Å². The first-order valence-electron chi connectivity index (χ1n) is 3.53. The number of hydrogen-bond donors (Lipinski definition) is 2. The van der Waals surface area contributed by atoms with Gasteiger partial charge in [-0.05, 0) is 33.2 Å². The summed E-state index contributed by atoms with van der Waals surface area (Å²) in [5.41, 5.74) is 0.324. The topological polar surface area (TPSA) is 12.0 Å². The second-order valence-electron chi connectivity index (χ2n) is 3.46. The van der Waals surface area contributed by atoms with Gasteiger partial charge in [0.1, 0.15) is 0 Å². The Morgan fingerprint density at radius 3 is 2.56 bits per heavy atom. The van der Waals surface area contributed by atoms with E-state index in [1.165, 1.54) is 12.8 Å². The zero-order valence-corrected chi connectivity index (χ0v) is 7.04. The Balaban J connectivity index is 2.41. The Morgan fingerprint density at radius 1 is 1.56 bits per heavy atom. The molecule has 2 heteroatoms. The molecule has 0 aromatic heterocycles. The quantitative estimate of drug-likeness (QED) is 0.492. The third-order valence-corrected chi connectivity index (χ3v) is 2.27. The van der Waals surface area contributed by atoms with E-state index in [2.05, 4.69) is 31.8 Å². The molecule has 0 saturated carbocycles. The van der Waals surface area contributed by atoms with Crippen LogP contribution < -0.4 is 5.32 Å². The van der Waals surface area contributed by atoms with Gasteiger partial charge < -0.3 is 5.32 Å². The minimum atomic E-state index is 0.324. The highest BCUT2D eigenvalue weighted by Crippen LogP contribution is 2.21. The highest BCUT2D eigenvalue weighted by Gasteiger charge is 2.24. The standard InChI is InChI=1S/C7H15NS/c1-7(2)5-6(9)3-4-8-7/h6,8-9H,3-5H2,1-2H3. The van der Waals surface area contributed by atoms with Crippen molar-refractivity contribution in [3.8, 4) is 0 Å². The lowest BCUT2D eigenvalue weighted by Gasteiger charge is -2.34. The van der Waals surface area contributed by atoms with Gasteiger partial charge in [-0.15, -0.1) is 0 Å². The van der Waals surface area contributed by atoms with E-state index in [4.69, 9.17) is 0 Å². The molecule has 1 aliphatic rings. The highest BCUT2D eigenvalue weighted by atomic mass is 32.1. The molecule has 1 saturated heterocycles. The van der Waals surface area contributed by atoms with Gasteiger partial charge in [-0.2, -0.15) is 12.6 Å². The third kappa shape index (κ3) is 2.18. The van der Waals surface area contributed by atoms with Crippen molar-refractivity contribution >= 4 is 12.6 Å². The monoisotopic (exact) mass is 145 g/mol. The summed E-state index contributed by atoms with van der Waals surface area (Å²) in [5.74, 6) is 0. The lowest BCUT2D eigenvalue weighted by Crippen LogP contribution is -2.46. The van der Waals surface area contributed by atoms with E-state index in [0.29, 0.717) is 10.8 Å². The van der Waals surface area contributed by atoms with Crippen molar-refractivity contribution in [3.05, 3.63) is 0 Å². The average molecular weight is 145 g/mol. The van der Waals surface area contributed by atoms with Crippen molar-refractivity contribution in [1.82, 2.24) is 5.32 Å². The SMILES string of the molecule is CC1(C)CC(S)CCN1. The fourth-order valence-corrected chi connectivity index (χ4v) is 1.93. The van der Waals surface area contributed by atoms with Crippen molar-refractivity contribution in [2.45, 2.75) is 37.5 Å². The van der Waals surface area contributed by atoms with E-state index in [9.17, 15) is 0 Å². The maximum Gasteiger partial charge on any atom is 0.0135 e. The average Bonchev–Trinajstić information content (AvgIpc) is 1.60. The van der Waals surface area contributed by atoms with Crippen LogP contribution in [-0.2, 0) is 0 Å². The third-order valence-electron chi connectivity index (χ3n) is 1.83. The molecule has 1 fully saturated rings. The maximum atomic E-state index is 4.43. The Kier molecular flexibility index (Phi) is 2.07. The summed E-state index contributed by atoms with van der Waals surface area (Å²) in [5, 5.41) is 4.05. The summed E-state index contributed by atoms with van der Waals surface area (Å²) in [4.78, 5) is 0. The van der Waals surface area contributed by atoms with Gasteiger partial charge in [0.2, 0.25) is 0 Å². The zero-order chi connectivity index (χ0) is 6.91. The molecule has 1 heterocycles. The number of nitrogens with one attached hydrogen (secondary N) is 1. The fraction of sp³-hybridized carbons (Fsp3) is 1.00. The van der Waals surface area contributed by atoms with Gasteiger partial charge in [-0.25, -0.2) is 0 Å².